The van der Waals surface area contributed by atoms with Crippen LogP contribution < -0.4 is 5.32 Å². The maximum absolute atomic E-state index is 4.48. The largest absolute Gasteiger partial charge is 0.372 e. The van der Waals surface area contributed by atoms with Crippen molar-refractivity contribution in [2.24, 2.45) is 0 Å². The fourth-order valence-corrected chi connectivity index (χ4v) is 1.57. The van der Waals surface area contributed by atoms with Crippen LogP contribution >= 0.6 is 0 Å². The number of imidazole rings is 1. The number of hydrogen-bond donors (Lipinski definition) is 1. The summed E-state index contributed by atoms with van der Waals surface area (Å²) >= 11 is 0. The summed E-state index contributed by atoms with van der Waals surface area (Å²) in [6.07, 6.45) is 0.915. The molecule has 0 saturated carbocycles. The molecule has 2 rings (SSSR count). The lowest BCUT2D eigenvalue weighted by Gasteiger charge is -2.01. The van der Waals surface area contributed by atoms with Gasteiger partial charge < -0.3 is 5.32 Å². The van der Waals surface area contributed by atoms with Gasteiger partial charge in [-0.15, -0.1) is 0 Å². The van der Waals surface area contributed by atoms with E-state index in [4.69, 9.17) is 0 Å². The highest BCUT2D eigenvalue weighted by molar-refractivity contribution is 5.53. The molecule has 0 fully saturated rings. The van der Waals surface area contributed by atoms with Gasteiger partial charge in [0.1, 0.15) is 0 Å². The number of aryl methyl sites for hydroxylation is 2. The van der Waals surface area contributed by atoms with E-state index in [0.29, 0.717) is 0 Å². The van der Waals surface area contributed by atoms with Crippen LogP contribution in [-0.4, -0.2) is 21.6 Å². The average Bonchev–Trinajstić information content (AvgIpc) is 2.54. The van der Waals surface area contributed by atoms with Crippen LogP contribution in [0.15, 0.2) is 12.1 Å². The molecule has 0 amide bonds. The van der Waals surface area contributed by atoms with Gasteiger partial charge in [0.2, 0.25) is 0 Å². The van der Waals surface area contributed by atoms with E-state index >= 15 is 0 Å². The van der Waals surface area contributed by atoms with Crippen molar-refractivity contribution in [3.63, 3.8) is 0 Å². The second-order valence-corrected chi connectivity index (χ2v) is 3.26. The van der Waals surface area contributed by atoms with E-state index in [1.807, 2.05) is 30.6 Å². The minimum absolute atomic E-state index is 0.900. The van der Waals surface area contributed by atoms with Crippen LogP contribution in [0.4, 0.5) is 5.82 Å². The summed E-state index contributed by atoms with van der Waals surface area (Å²) in [5, 5.41) is 7.54. The van der Waals surface area contributed by atoms with Crippen molar-refractivity contribution in [1.82, 2.24) is 14.6 Å². The first kappa shape index (κ1) is 8.99. The van der Waals surface area contributed by atoms with Crippen molar-refractivity contribution in [3.8, 4) is 0 Å². The molecule has 2 aromatic rings. The van der Waals surface area contributed by atoms with Gasteiger partial charge in [-0.2, -0.15) is 9.61 Å². The van der Waals surface area contributed by atoms with Crippen molar-refractivity contribution in [2.45, 2.75) is 20.3 Å². The van der Waals surface area contributed by atoms with Gasteiger partial charge in [-0.25, -0.2) is 4.98 Å². The second kappa shape index (κ2) is 3.29. The summed E-state index contributed by atoms with van der Waals surface area (Å²) in [5.74, 6) is 0.992. The molecule has 0 spiro atoms. The van der Waals surface area contributed by atoms with Gasteiger partial charge in [-0.1, -0.05) is 6.92 Å². The molecule has 0 saturated heterocycles. The van der Waals surface area contributed by atoms with E-state index in [9.17, 15) is 0 Å². The summed E-state index contributed by atoms with van der Waals surface area (Å²) in [4.78, 5) is 4.48. The smallest absolute Gasteiger partial charge is 0.156 e. The zero-order valence-electron chi connectivity index (χ0n) is 8.70. The lowest BCUT2D eigenvalue weighted by molar-refractivity contribution is 0.902. The molecule has 0 bridgehead atoms. The third-order valence-electron chi connectivity index (χ3n) is 2.25. The van der Waals surface area contributed by atoms with Crippen molar-refractivity contribution in [3.05, 3.63) is 23.5 Å². The van der Waals surface area contributed by atoms with Gasteiger partial charge in [-0.3, -0.25) is 0 Å². The standard InChI is InChI=1S/C10H14N4/c1-4-8-10(11-3)14-9(12-8)6-5-7(2)13-14/h5-6,11H,4H2,1-3H3. The highest BCUT2D eigenvalue weighted by Crippen LogP contribution is 2.16. The van der Waals surface area contributed by atoms with Crippen LogP contribution in [0.5, 0.6) is 0 Å². The summed E-state index contributed by atoms with van der Waals surface area (Å²) in [6, 6.07) is 3.96. The van der Waals surface area contributed by atoms with Crippen LogP contribution in [0.3, 0.4) is 0 Å². The Bertz CT molecular complexity index is 458. The van der Waals surface area contributed by atoms with E-state index in [1.165, 1.54) is 0 Å². The van der Waals surface area contributed by atoms with Crippen LogP contribution in [-0.2, 0) is 6.42 Å². The lowest BCUT2D eigenvalue weighted by Crippen LogP contribution is -2.00. The van der Waals surface area contributed by atoms with Gasteiger partial charge in [0.15, 0.2) is 11.5 Å². The number of aromatic nitrogens is 3. The molecule has 74 valence electrons. The predicted octanol–water partition coefficient (Wildman–Crippen LogP) is 1.64. The molecule has 0 aromatic carbocycles. The Morgan fingerprint density at radius 1 is 1.43 bits per heavy atom. The quantitative estimate of drug-likeness (QED) is 0.782. The molecule has 4 heteroatoms. The summed E-state index contributed by atoms with van der Waals surface area (Å²) in [6.45, 7) is 4.07. The number of hydrogen-bond acceptors (Lipinski definition) is 3. The topological polar surface area (TPSA) is 42.2 Å². The molecule has 0 unspecified atom stereocenters. The molecule has 0 atom stereocenters. The van der Waals surface area contributed by atoms with E-state index in [0.717, 1.165) is 29.3 Å². The zero-order chi connectivity index (χ0) is 10.1. The van der Waals surface area contributed by atoms with Gasteiger partial charge >= 0.3 is 0 Å². The number of nitrogens with zero attached hydrogens (tertiary/aromatic N) is 3. The fraction of sp³-hybridized carbons (Fsp3) is 0.400. The Balaban J connectivity index is 2.74. The monoisotopic (exact) mass is 190 g/mol. The summed E-state index contributed by atoms with van der Waals surface area (Å²) in [7, 11) is 1.90. The molecule has 2 heterocycles. The van der Waals surface area contributed by atoms with Crippen LogP contribution in [0.2, 0.25) is 0 Å². The Labute approximate surface area is 83.0 Å². The minimum Gasteiger partial charge on any atom is -0.372 e. The van der Waals surface area contributed by atoms with Crippen LogP contribution in [0.25, 0.3) is 5.65 Å². The van der Waals surface area contributed by atoms with Gasteiger partial charge in [-0.05, 0) is 25.5 Å². The number of anilines is 1. The molecule has 0 radical (unpaired) electrons. The molecular formula is C10H14N4. The highest BCUT2D eigenvalue weighted by Gasteiger charge is 2.09. The number of rotatable bonds is 2. The molecule has 0 aliphatic rings. The van der Waals surface area contributed by atoms with Crippen molar-refractivity contribution in [1.29, 1.82) is 0 Å². The Kier molecular flexibility index (Phi) is 2.11. The SMILES string of the molecule is CCc1nc2ccc(C)nn2c1NC. The minimum atomic E-state index is 0.900. The second-order valence-electron chi connectivity index (χ2n) is 3.26. The molecule has 2 aromatic heterocycles. The van der Waals surface area contributed by atoms with Crippen molar-refractivity contribution in [2.75, 3.05) is 12.4 Å². The zero-order valence-corrected chi connectivity index (χ0v) is 8.70. The first-order valence-electron chi connectivity index (χ1n) is 4.79. The van der Waals surface area contributed by atoms with E-state index < -0.39 is 0 Å². The van der Waals surface area contributed by atoms with Crippen molar-refractivity contribution >= 4 is 11.5 Å². The molecule has 1 N–H and O–H groups in total. The maximum atomic E-state index is 4.48. The number of fused-ring (bicyclic) bond motifs is 1. The highest BCUT2D eigenvalue weighted by atomic mass is 15.3. The lowest BCUT2D eigenvalue weighted by atomic mass is 10.3. The first-order chi connectivity index (χ1) is 6.76. The normalized spacial score (nSPS) is 10.8. The molecule has 0 aliphatic carbocycles. The van der Waals surface area contributed by atoms with Gasteiger partial charge in [0, 0.05) is 7.05 Å². The summed E-state index contributed by atoms with van der Waals surface area (Å²) < 4.78 is 1.86. The van der Waals surface area contributed by atoms with E-state index in [1.54, 1.807) is 0 Å². The Morgan fingerprint density at radius 2 is 2.21 bits per heavy atom. The molecule has 0 aliphatic heterocycles. The third kappa shape index (κ3) is 1.23. The Morgan fingerprint density at radius 3 is 2.86 bits per heavy atom. The first-order valence-corrected chi connectivity index (χ1v) is 4.79. The number of nitrogens with one attached hydrogen (secondary N) is 1. The molecular weight excluding hydrogens is 176 g/mol. The average molecular weight is 190 g/mol. The molecule has 14 heavy (non-hydrogen) atoms. The van der Waals surface area contributed by atoms with Crippen LogP contribution in [0, 0.1) is 6.92 Å². The predicted molar refractivity (Wildman–Crippen MR) is 56.6 cm³/mol. The summed E-state index contributed by atoms with van der Waals surface area (Å²) in [5.41, 5.74) is 2.96. The third-order valence-corrected chi connectivity index (χ3v) is 2.25. The van der Waals surface area contributed by atoms with Crippen LogP contribution in [0.1, 0.15) is 18.3 Å². The fourth-order valence-electron chi connectivity index (χ4n) is 1.57. The Hall–Kier alpha value is -1.58. The maximum Gasteiger partial charge on any atom is 0.156 e. The van der Waals surface area contributed by atoms with Gasteiger partial charge in [0.05, 0.1) is 11.4 Å². The van der Waals surface area contributed by atoms with Crippen molar-refractivity contribution < 1.29 is 0 Å². The van der Waals surface area contributed by atoms with Gasteiger partial charge in [0.25, 0.3) is 0 Å². The molecule has 4 nitrogen and oxygen atoms in total. The van der Waals surface area contributed by atoms with E-state index in [2.05, 4.69) is 22.3 Å². The van der Waals surface area contributed by atoms with E-state index in [-0.39, 0.29) is 0 Å².